The molecule has 3 aromatic rings. The van der Waals surface area contributed by atoms with Crippen LogP contribution < -0.4 is 40.8 Å². The fraction of sp³-hybridized carbons (Fsp3) is 0.371. The predicted molar refractivity (Wildman–Crippen MR) is 177 cm³/mol. The van der Waals surface area contributed by atoms with Crippen LogP contribution in [0.3, 0.4) is 0 Å². The first-order chi connectivity index (χ1) is 22.8. The van der Waals surface area contributed by atoms with E-state index in [2.05, 4.69) is 26.6 Å². The fourth-order valence-corrected chi connectivity index (χ4v) is 5.02. The molecule has 0 aliphatic carbocycles. The van der Waals surface area contributed by atoms with E-state index < -0.39 is 23.9 Å². The number of benzene rings is 3. The maximum Gasteiger partial charge on any atom is 0.251 e. The smallest absolute Gasteiger partial charge is 0.251 e. The highest BCUT2D eigenvalue weighted by Gasteiger charge is 2.24. The summed E-state index contributed by atoms with van der Waals surface area (Å²) in [5, 5.41) is 14.4. The normalized spacial score (nSPS) is 18.7. The van der Waals surface area contributed by atoms with Crippen LogP contribution in [0.5, 0.6) is 23.0 Å². The summed E-state index contributed by atoms with van der Waals surface area (Å²) in [5.41, 5.74) is 2.12. The second-order valence-corrected chi connectivity index (χ2v) is 11.2. The van der Waals surface area contributed by atoms with Gasteiger partial charge >= 0.3 is 0 Å². The number of hydrogen-bond acceptors (Lipinski definition) is 8. The number of methoxy groups -OCH3 is 2. The highest BCUT2D eigenvalue weighted by atomic mass is 16.5. The molecule has 12 nitrogen and oxygen atoms in total. The standard InChI is InChI=1S/C35H43N5O7/c1-23-33(42)38-21-26-12-14-27(20-30(26)46-3)47-31-19-25(13-16-29(31)45-2)34(43)37-18-8-7-17-36-22-32(41)40-28(35(44)39-23)15-11-24-9-5-4-6-10-24/h4-6,9-10,12-14,16,19-20,23,28,36H,7-8,11,15,17-18,21-22H2,1-3H3,(H,37,43)(H,38,42)(H,39,44)(H,40,41)/t23-,28-/m0/s1. The number of aryl methyl sites for hydroxylation is 1. The first kappa shape index (κ1) is 34.8. The number of ether oxygens (including phenoxy) is 3. The molecule has 4 bridgehead atoms. The van der Waals surface area contributed by atoms with Crippen LogP contribution in [0.2, 0.25) is 0 Å². The Balaban J connectivity index is 1.51. The van der Waals surface area contributed by atoms with Gasteiger partial charge in [0.2, 0.25) is 17.7 Å². The van der Waals surface area contributed by atoms with Crippen LogP contribution in [-0.2, 0) is 27.3 Å². The summed E-state index contributed by atoms with van der Waals surface area (Å²) in [4.78, 5) is 52.0. The van der Waals surface area contributed by atoms with Crippen molar-refractivity contribution in [3.05, 3.63) is 83.4 Å². The molecule has 2 aliphatic rings. The molecule has 0 spiro atoms. The van der Waals surface area contributed by atoms with Gasteiger partial charge in [-0.3, -0.25) is 19.2 Å². The zero-order chi connectivity index (χ0) is 33.6. The Bertz CT molecular complexity index is 1530. The lowest BCUT2D eigenvalue weighted by molar-refractivity contribution is -0.131. The second-order valence-electron chi connectivity index (χ2n) is 11.2. The summed E-state index contributed by atoms with van der Waals surface area (Å²) in [7, 11) is 3.02. The van der Waals surface area contributed by atoms with E-state index in [9.17, 15) is 19.2 Å². The van der Waals surface area contributed by atoms with Crippen LogP contribution >= 0.6 is 0 Å². The van der Waals surface area contributed by atoms with Crippen LogP contribution in [0.4, 0.5) is 0 Å². The van der Waals surface area contributed by atoms with Crippen molar-refractivity contribution >= 4 is 23.6 Å². The largest absolute Gasteiger partial charge is 0.496 e. The first-order valence-corrected chi connectivity index (χ1v) is 15.7. The molecular formula is C35H43N5O7. The summed E-state index contributed by atoms with van der Waals surface area (Å²) in [6.07, 6.45) is 2.33. The van der Waals surface area contributed by atoms with Gasteiger partial charge in [-0.25, -0.2) is 0 Å². The number of nitrogens with one attached hydrogen (secondary N) is 5. The Morgan fingerprint density at radius 2 is 1.55 bits per heavy atom. The lowest BCUT2D eigenvalue weighted by atomic mass is 10.0. The van der Waals surface area contributed by atoms with E-state index in [1.807, 2.05) is 30.3 Å². The molecule has 0 saturated heterocycles. The lowest BCUT2D eigenvalue weighted by Gasteiger charge is -2.22. The van der Waals surface area contributed by atoms with Gasteiger partial charge in [0.05, 0.1) is 20.8 Å². The maximum absolute atomic E-state index is 13.3. The summed E-state index contributed by atoms with van der Waals surface area (Å²) in [5.74, 6) is 0.267. The highest BCUT2D eigenvalue weighted by Crippen LogP contribution is 2.34. The topological polar surface area (TPSA) is 156 Å². The Hall–Kier alpha value is -5.10. The summed E-state index contributed by atoms with van der Waals surface area (Å²) >= 11 is 0. The van der Waals surface area contributed by atoms with Gasteiger partial charge in [0.25, 0.3) is 5.91 Å². The minimum absolute atomic E-state index is 0.0205. The Morgan fingerprint density at radius 3 is 2.32 bits per heavy atom. The van der Waals surface area contributed by atoms with Crippen molar-refractivity contribution in [1.82, 2.24) is 26.6 Å². The number of carbonyl (C=O) groups excluding carboxylic acids is 4. The van der Waals surface area contributed by atoms with Crippen molar-refractivity contribution < 1.29 is 33.4 Å². The van der Waals surface area contributed by atoms with Gasteiger partial charge in [-0.15, -0.1) is 0 Å². The van der Waals surface area contributed by atoms with Gasteiger partial charge in [0.15, 0.2) is 11.5 Å². The van der Waals surface area contributed by atoms with Crippen molar-refractivity contribution in [2.75, 3.05) is 33.9 Å². The molecule has 5 rings (SSSR count). The molecule has 250 valence electrons. The zero-order valence-corrected chi connectivity index (χ0v) is 27.0. The minimum Gasteiger partial charge on any atom is -0.496 e. The summed E-state index contributed by atoms with van der Waals surface area (Å²) in [6, 6.07) is 18.1. The SMILES string of the molecule is COc1cc2ccc1CNC(=O)[C@H](C)NC(=O)[C@H](CCc1ccccc1)NC(=O)CNCCCCNC(=O)c1ccc(OC)c(c1)O2. The molecule has 0 radical (unpaired) electrons. The van der Waals surface area contributed by atoms with E-state index in [-0.39, 0.29) is 24.9 Å². The molecule has 0 saturated carbocycles. The van der Waals surface area contributed by atoms with Crippen LogP contribution in [0.1, 0.15) is 47.7 Å². The molecular weight excluding hydrogens is 602 g/mol. The van der Waals surface area contributed by atoms with Crippen LogP contribution in [0.25, 0.3) is 0 Å². The van der Waals surface area contributed by atoms with Gasteiger partial charge in [-0.05, 0) is 75.0 Å². The van der Waals surface area contributed by atoms with E-state index in [0.717, 1.165) is 5.56 Å². The van der Waals surface area contributed by atoms with Gasteiger partial charge < -0.3 is 40.8 Å². The Morgan fingerprint density at radius 1 is 0.787 bits per heavy atom. The van der Waals surface area contributed by atoms with Gasteiger partial charge in [-0.2, -0.15) is 0 Å². The molecule has 12 heteroatoms. The van der Waals surface area contributed by atoms with E-state index in [0.29, 0.717) is 72.9 Å². The number of fused-ring (bicyclic) bond motifs is 18. The highest BCUT2D eigenvalue weighted by molar-refractivity contribution is 5.95. The van der Waals surface area contributed by atoms with E-state index in [4.69, 9.17) is 14.2 Å². The van der Waals surface area contributed by atoms with Crippen molar-refractivity contribution in [3.8, 4) is 23.0 Å². The molecule has 0 aromatic heterocycles. The molecule has 0 unspecified atom stereocenters. The third-order valence-electron chi connectivity index (χ3n) is 7.68. The van der Waals surface area contributed by atoms with E-state index in [1.54, 1.807) is 43.3 Å². The van der Waals surface area contributed by atoms with Crippen LogP contribution in [-0.4, -0.2) is 69.6 Å². The summed E-state index contributed by atoms with van der Waals surface area (Å²) < 4.78 is 17.1. The average molecular weight is 646 g/mol. The van der Waals surface area contributed by atoms with Crippen molar-refractivity contribution in [1.29, 1.82) is 0 Å². The van der Waals surface area contributed by atoms with Gasteiger partial charge in [-0.1, -0.05) is 30.3 Å². The Kier molecular flexibility index (Phi) is 13.0. The number of carbonyl (C=O) groups is 4. The molecule has 2 aliphatic heterocycles. The third-order valence-corrected chi connectivity index (χ3v) is 7.68. The zero-order valence-electron chi connectivity index (χ0n) is 27.0. The number of rotatable bonds is 5. The minimum atomic E-state index is -0.865. The fourth-order valence-electron chi connectivity index (χ4n) is 5.02. The molecule has 2 heterocycles. The number of hydrogen-bond donors (Lipinski definition) is 5. The quantitative estimate of drug-likeness (QED) is 0.265. The number of amides is 4. The second kappa shape index (κ2) is 17.6. The van der Waals surface area contributed by atoms with Crippen molar-refractivity contribution in [2.45, 2.75) is 51.2 Å². The van der Waals surface area contributed by atoms with Crippen molar-refractivity contribution in [2.24, 2.45) is 0 Å². The maximum atomic E-state index is 13.3. The van der Waals surface area contributed by atoms with E-state index >= 15 is 0 Å². The molecule has 3 aromatic carbocycles. The predicted octanol–water partition coefficient (Wildman–Crippen LogP) is 2.85. The molecule has 47 heavy (non-hydrogen) atoms. The lowest BCUT2D eigenvalue weighted by Crippen LogP contribution is -2.53. The van der Waals surface area contributed by atoms with Gasteiger partial charge in [0.1, 0.15) is 23.6 Å². The monoisotopic (exact) mass is 645 g/mol. The Labute approximate surface area is 274 Å². The van der Waals surface area contributed by atoms with Crippen LogP contribution in [0.15, 0.2) is 66.7 Å². The molecule has 4 amide bonds. The molecule has 0 fully saturated rings. The van der Waals surface area contributed by atoms with E-state index in [1.165, 1.54) is 14.2 Å². The average Bonchev–Trinajstić information content (AvgIpc) is 3.08. The third kappa shape index (κ3) is 10.5. The first-order valence-electron chi connectivity index (χ1n) is 15.7. The van der Waals surface area contributed by atoms with Crippen molar-refractivity contribution in [3.63, 3.8) is 0 Å². The molecule has 2 atom stereocenters. The van der Waals surface area contributed by atoms with Crippen LogP contribution in [0, 0.1) is 0 Å². The molecule has 5 N–H and O–H groups in total. The van der Waals surface area contributed by atoms with Gasteiger partial charge in [0, 0.05) is 30.3 Å². The summed E-state index contributed by atoms with van der Waals surface area (Å²) in [6.45, 7) is 2.73.